The lowest BCUT2D eigenvalue weighted by Crippen LogP contribution is -2.29. The SMILES string of the molecule is Cc1cc(-c2ccc(/C=C3/SC(=S)N(CCCC(=O)O)C3=O)o2)ccc1[N+](=O)[O-]. The molecule has 0 bridgehead atoms. The number of nitro benzene ring substituents is 1. The van der Waals surface area contributed by atoms with Crippen LogP contribution < -0.4 is 0 Å². The molecule has 0 unspecified atom stereocenters. The van der Waals surface area contributed by atoms with E-state index >= 15 is 0 Å². The summed E-state index contributed by atoms with van der Waals surface area (Å²) in [6.45, 7) is 1.90. The third kappa shape index (κ3) is 4.72. The summed E-state index contributed by atoms with van der Waals surface area (Å²) >= 11 is 6.35. The van der Waals surface area contributed by atoms with Crippen molar-refractivity contribution in [2.45, 2.75) is 19.8 Å². The number of nitrogens with zero attached hydrogens (tertiary/aromatic N) is 2. The van der Waals surface area contributed by atoms with Crippen molar-refractivity contribution in [1.82, 2.24) is 4.90 Å². The predicted octanol–water partition coefficient (Wildman–Crippen LogP) is 4.23. The molecule has 150 valence electrons. The van der Waals surface area contributed by atoms with E-state index in [1.54, 1.807) is 37.3 Å². The molecule has 1 amide bonds. The molecule has 0 radical (unpaired) electrons. The van der Waals surface area contributed by atoms with Gasteiger partial charge in [0.05, 0.1) is 9.83 Å². The van der Waals surface area contributed by atoms with Crippen LogP contribution in [0.1, 0.15) is 24.2 Å². The van der Waals surface area contributed by atoms with Crippen LogP contribution in [0.25, 0.3) is 17.4 Å². The van der Waals surface area contributed by atoms with Crippen LogP contribution in [-0.4, -0.2) is 37.7 Å². The number of benzene rings is 1. The highest BCUT2D eigenvalue weighted by Gasteiger charge is 2.32. The second kappa shape index (κ2) is 8.58. The molecule has 1 aliphatic heterocycles. The van der Waals surface area contributed by atoms with E-state index < -0.39 is 10.9 Å². The number of carboxylic acid groups (broad SMARTS) is 1. The topological polar surface area (TPSA) is 114 Å². The minimum absolute atomic E-state index is 0.0344. The second-order valence-electron chi connectivity index (χ2n) is 6.29. The van der Waals surface area contributed by atoms with Crippen LogP contribution in [-0.2, 0) is 9.59 Å². The van der Waals surface area contributed by atoms with Gasteiger partial charge in [0.15, 0.2) is 0 Å². The number of hydrogen-bond acceptors (Lipinski definition) is 7. The molecule has 1 saturated heterocycles. The lowest BCUT2D eigenvalue weighted by atomic mass is 10.1. The van der Waals surface area contributed by atoms with Crippen LogP contribution in [0, 0.1) is 17.0 Å². The quantitative estimate of drug-likeness (QED) is 0.299. The molecule has 10 heteroatoms. The summed E-state index contributed by atoms with van der Waals surface area (Å²) < 4.78 is 6.15. The Kier molecular flexibility index (Phi) is 6.14. The molecule has 1 fully saturated rings. The monoisotopic (exact) mass is 432 g/mol. The fraction of sp³-hybridized carbons (Fsp3) is 0.211. The van der Waals surface area contributed by atoms with Gasteiger partial charge in [-0.3, -0.25) is 24.6 Å². The molecule has 29 heavy (non-hydrogen) atoms. The first-order valence-electron chi connectivity index (χ1n) is 8.58. The summed E-state index contributed by atoms with van der Waals surface area (Å²) in [6, 6.07) is 8.12. The number of carbonyl (C=O) groups excluding carboxylic acids is 1. The lowest BCUT2D eigenvalue weighted by molar-refractivity contribution is -0.385. The van der Waals surface area contributed by atoms with Crippen molar-refractivity contribution in [2.24, 2.45) is 0 Å². The molecule has 8 nitrogen and oxygen atoms in total. The van der Waals surface area contributed by atoms with Gasteiger partial charge in [-0.25, -0.2) is 0 Å². The van der Waals surface area contributed by atoms with E-state index in [1.165, 1.54) is 11.0 Å². The van der Waals surface area contributed by atoms with Crippen LogP contribution in [0.4, 0.5) is 5.69 Å². The maximum absolute atomic E-state index is 12.5. The number of hydrogen-bond donors (Lipinski definition) is 1. The summed E-state index contributed by atoms with van der Waals surface area (Å²) in [5.74, 6) is -0.238. The van der Waals surface area contributed by atoms with Crippen molar-refractivity contribution in [3.63, 3.8) is 0 Å². The Morgan fingerprint density at radius 3 is 2.79 bits per heavy atom. The van der Waals surface area contributed by atoms with Crippen LogP contribution in [0.5, 0.6) is 0 Å². The predicted molar refractivity (Wildman–Crippen MR) is 112 cm³/mol. The number of rotatable bonds is 7. The van der Waals surface area contributed by atoms with E-state index in [0.29, 0.717) is 38.3 Å². The smallest absolute Gasteiger partial charge is 0.303 e. The Hall–Kier alpha value is -2.98. The standard InChI is InChI=1S/C19H16N2O6S2/c1-11-9-12(4-6-14(11)21(25)26)15-7-5-13(27-15)10-16-18(24)20(19(28)29-16)8-2-3-17(22)23/h4-7,9-10H,2-3,8H2,1H3,(H,22,23)/b16-10+. The van der Waals surface area contributed by atoms with Crippen LogP contribution >= 0.6 is 24.0 Å². The van der Waals surface area contributed by atoms with Gasteiger partial charge in [-0.2, -0.15) is 0 Å². The Morgan fingerprint density at radius 2 is 2.14 bits per heavy atom. The average Bonchev–Trinajstić information content (AvgIpc) is 3.21. The number of carbonyl (C=O) groups is 2. The van der Waals surface area contributed by atoms with Crippen molar-refractivity contribution in [3.8, 4) is 11.3 Å². The summed E-state index contributed by atoms with van der Waals surface area (Å²) in [7, 11) is 0. The van der Waals surface area contributed by atoms with E-state index in [4.69, 9.17) is 21.7 Å². The Balaban J connectivity index is 1.75. The minimum atomic E-state index is -0.921. The number of furan rings is 1. The molecule has 1 aromatic carbocycles. The minimum Gasteiger partial charge on any atom is -0.481 e. The summed E-state index contributed by atoms with van der Waals surface area (Å²) in [4.78, 5) is 35.4. The number of carboxylic acids is 1. The molecule has 1 aromatic heterocycles. The first-order chi connectivity index (χ1) is 13.8. The van der Waals surface area contributed by atoms with Gasteiger partial charge in [0, 0.05) is 36.2 Å². The number of nitro groups is 1. The third-order valence-electron chi connectivity index (χ3n) is 4.22. The van der Waals surface area contributed by atoms with E-state index in [2.05, 4.69) is 0 Å². The first kappa shape index (κ1) is 20.7. The zero-order valence-electron chi connectivity index (χ0n) is 15.3. The van der Waals surface area contributed by atoms with E-state index in [9.17, 15) is 19.7 Å². The maximum Gasteiger partial charge on any atom is 0.303 e. The summed E-state index contributed by atoms with van der Waals surface area (Å²) in [5, 5.41) is 19.7. The lowest BCUT2D eigenvalue weighted by Gasteiger charge is -2.13. The molecule has 1 N–H and O–H groups in total. The highest BCUT2D eigenvalue weighted by atomic mass is 32.2. The van der Waals surface area contributed by atoms with Gasteiger partial charge in [0.2, 0.25) is 0 Å². The second-order valence-corrected chi connectivity index (χ2v) is 7.97. The Labute approximate surface area is 175 Å². The molecule has 2 aromatic rings. The van der Waals surface area contributed by atoms with Gasteiger partial charge in [-0.15, -0.1) is 0 Å². The van der Waals surface area contributed by atoms with Gasteiger partial charge in [0.1, 0.15) is 15.8 Å². The van der Waals surface area contributed by atoms with Crippen molar-refractivity contribution in [3.05, 3.63) is 56.7 Å². The molecule has 2 heterocycles. The average molecular weight is 432 g/mol. The highest BCUT2D eigenvalue weighted by Crippen LogP contribution is 2.34. The largest absolute Gasteiger partial charge is 0.481 e. The molecular formula is C19H16N2O6S2. The van der Waals surface area contributed by atoms with E-state index in [1.807, 2.05) is 0 Å². The van der Waals surface area contributed by atoms with Gasteiger partial charge < -0.3 is 9.52 Å². The highest BCUT2D eigenvalue weighted by molar-refractivity contribution is 8.26. The van der Waals surface area contributed by atoms with Crippen LogP contribution in [0.2, 0.25) is 0 Å². The number of aliphatic carboxylic acids is 1. The van der Waals surface area contributed by atoms with E-state index in [0.717, 1.165) is 11.8 Å². The maximum atomic E-state index is 12.5. The normalized spacial score (nSPS) is 15.3. The molecule has 0 spiro atoms. The zero-order valence-corrected chi connectivity index (χ0v) is 16.9. The van der Waals surface area contributed by atoms with Crippen molar-refractivity contribution >= 4 is 51.9 Å². The zero-order chi connectivity index (χ0) is 21.1. The molecule has 0 saturated carbocycles. The number of aryl methyl sites for hydroxylation is 1. The Morgan fingerprint density at radius 1 is 1.38 bits per heavy atom. The third-order valence-corrected chi connectivity index (χ3v) is 5.60. The van der Waals surface area contributed by atoms with Crippen molar-refractivity contribution < 1.29 is 24.0 Å². The number of amides is 1. The van der Waals surface area contributed by atoms with Gasteiger partial charge in [0.25, 0.3) is 11.6 Å². The van der Waals surface area contributed by atoms with Gasteiger partial charge >= 0.3 is 5.97 Å². The fourth-order valence-electron chi connectivity index (χ4n) is 2.81. The summed E-state index contributed by atoms with van der Waals surface area (Å²) in [5.41, 5.74) is 1.24. The number of thiocarbonyl (C=S) groups is 1. The first-order valence-corrected chi connectivity index (χ1v) is 9.81. The van der Waals surface area contributed by atoms with Crippen molar-refractivity contribution in [1.29, 1.82) is 0 Å². The Bertz CT molecular complexity index is 1040. The molecular weight excluding hydrogens is 416 g/mol. The van der Waals surface area contributed by atoms with Crippen LogP contribution in [0.15, 0.2) is 39.7 Å². The van der Waals surface area contributed by atoms with Crippen molar-refractivity contribution in [2.75, 3.05) is 6.54 Å². The van der Waals surface area contributed by atoms with Gasteiger partial charge in [-0.05, 0) is 37.6 Å². The number of thioether (sulfide) groups is 1. The molecule has 1 aliphatic rings. The van der Waals surface area contributed by atoms with Gasteiger partial charge in [-0.1, -0.05) is 24.0 Å². The fourth-order valence-corrected chi connectivity index (χ4v) is 4.10. The molecule has 0 atom stereocenters. The van der Waals surface area contributed by atoms with E-state index in [-0.39, 0.29) is 24.6 Å². The summed E-state index contributed by atoms with van der Waals surface area (Å²) in [6.07, 6.45) is 1.87. The molecule has 3 rings (SSSR count). The van der Waals surface area contributed by atoms with Crippen LogP contribution in [0.3, 0.4) is 0 Å². The molecule has 0 aliphatic carbocycles.